The van der Waals surface area contributed by atoms with Gasteiger partial charge >= 0.3 is 39.5 Å². The summed E-state index contributed by atoms with van der Waals surface area (Å²) in [5.74, 6) is -1.34. The van der Waals surface area contributed by atoms with Crippen molar-refractivity contribution in [3.8, 4) is 0 Å². The molecule has 3 N–H and O–H groups in total. The predicted octanol–water partition coefficient (Wildman–Crippen LogP) is 22.1. The van der Waals surface area contributed by atoms with Crippen molar-refractivity contribution in [3.63, 3.8) is 0 Å². The van der Waals surface area contributed by atoms with Crippen LogP contribution in [0.4, 0.5) is 0 Å². The Morgan fingerprint density at radius 1 is 0.287 bits per heavy atom. The first kappa shape index (κ1) is 92.1. The molecule has 0 saturated heterocycles. The number of aliphatic hydroxyl groups excluding tert-OH is 1. The van der Waals surface area contributed by atoms with Crippen molar-refractivity contribution in [2.45, 2.75) is 412 Å². The molecule has 0 fully saturated rings. The number of rotatable bonds is 75. The minimum Gasteiger partial charge on any atom is -0.462 e. The Morgan fingerprint density at radius 3 is 0.723 bits per heavy atom. The van der Waals surface area contributed by atoms with E-state index in [2.05, 4.69) is 34.6 Å². The molecule has 2 unspecified atom stereocenters. The van der Waals surface area contributed by atoms with Crippen LogP contribution < -0.4 is 0 Å². The number of phosphoric ester groups is 2. The van der Waals surface area contributed by atoms with Crippen molar-refractivity contribution >= 4 is 39.5 Å². The standard InChI is InChI=1S/C75H146O17P2/c1-6-9-12-15-17-19-21-23-25-26-27-28-29-30-32-38-42-46-51-56-61-75(80)92-71(65-86-73(78)59-54-49-44-40-36-34-33-35-39-43-48-52-57-68(4)5)67-90-94(83,84)88-63-69(76)62-87-93(81,82)89-66-70(64-85-72(77)58-53-47-14-11-8-3)91-74(79)60-55-50-45-41-37-31-24-22-20-18-16-13-10-7-2/h68-71,76H,6-67H2,1-5H3,(H,81,82)(H,83,84)/t69-,70+,71+/m0/s1. The average Bonchev–Trinajstić information content (AvgIpc) is 1.32. The van der Waals surface area contributed by atoms with E-state index >= 15 is 0 Å². The highest BCUT2D eigenvalue weighted by Gasteiger charge is 2.30. The van der Waals surface area contributed by atoms with E-state index in [0.29, 0.717) is 25.7 Å². The lowest BCUT2D eigenvalue weighted by Crippen LogP contribution is -2.30. The minimum absolute atomic E-state index is 0.107. The maximum absolute atomic E-state index is 13.1. The summed E-state index contributed by atoms with van der Waals surface area (Å²) in [7, 11) is -9.90. The molecule has 558 valence electrons. The maximum atomic E-state index is 13.1. The van der Waals surface area contributed by atoms with Gasteiger partial charge in [-0.25, -0.2) is 9.13 Å². The van der Waals surface area contributed by atoms with E-state index in [4.69, 9.17) is 37.0 Å². The number of unbranched alkanes of at least 4 members (excludes halogenated alkanes) is 47. The van der Waals surface area contributed by atoms with E-state index in [1.165, 1.54) is 212 Å². The van der Waals surface area contributed by atoms with Crippen LogP contribution in [0.15, 0.2) is 0 Å². The fourth-order valence-electron chi connectivity index (χ4n) is 11.5. The highest BCUT2D eigenvalue weighted by atomic mass is 31.2. The van der Waals surface area contributed by atoms with E-state index in [-0.39, 0.29) is 25.7 Å². The Balaban J connectivity index is 5.13. The number of phosphoric acid groups is 2. The van der Waals surface area contributed by atoms with Crippen molar-refractivity contribution in [2.75, 3.05) is 39.6 Å². The summed E-state index contributed by atoms with van der Waals surface area (Å²) >= 11 is 0. The third-order valence-corrected chi connectivity index (χ3v) is 19.4. The van der Waals surface area contributed by atoms with Crippen LogP contribution in [-0.2, 0) is 65.4 Å². The zero-order valence-corrected chi connectivity index (χ0v) is 62.9. The lowest BCUT2D eigenvalue weighted by molar-refractivity contribution is -0.161. The number of esters is 4. The quantitative estimate of drug-likeness (QED) is 0.0222. The average molecular weight is 1380 g/mol. The van der Waals surface area contributed by atoms with Crippen LogP contribution in [0, 0.1) is 5.92 Å². The topological polar surface area (TPSA) is 237 Å². The van der Waals surface area contributed by atoms with Crippen molar-refractivity contribution in [1.82, 2.24) is 0 Å². The summed E-state index contributed by atoms with van der Waals surface area (Å²) in [6.45, 7) is 7.21. The predicted molar refractivity (Wildman–Crippen MR) is 382 cm³/mol. The van der Waals surface area contributed by atoms with E-state index in [1.54, 1.807) is 0 Å². The molecule has 0 aromatic carbocycles. The first-order valence-electron chi connectivity index (χ1n) is 39.1. The summed E-state index contributed by atoms with van der Waals surface area (Å²) in [4.78, 5) is 72.5. The van der Waals surface area contributed by atoms with Gasteiger partial charge in [0.05, 0.1) is 26.4 Å². The van der Waals surface area contributed by atoms with Crippen molar-refractivity contribution in [2.24, 2.45) is 5.92 Å². The van der Waals surface area contributed by atoms with Crippen molar-refractivity contribution in [3.05, 3.63) is 0 Å². The van der Waals surface area contributed by atoms with Crippen LogP contribution in [0.2, 0.25) is 0 Å². The molecular weight excluding hydrogens is 1230 g/mol. The smallest absolute Gasteiger partial charge is 0.462 e. The van der Waals surface area contributed by atoms with Gasteiger partial charge in [-0.3, -0.25) is 37.3 Å². The molecular formula is C75H146O17P2. The summed E-state index contributed by atoms with van der Waals surface area (Å²) in [5.41, 5.74) is 0. The molecule has 94 heavy (non-hydrogen) atoms. The molecule has 0 spiro atoms. The Morgan fingerprint density at radius 2 is 0.489 bits per heavy atom. The number of hydrogen-bond donors (Lipinski definition) is 3. The van der Waals surface area contributed by atoms with E-state index in [9.17, 15) is 43.2 Å². The van der Waals surface area contributed by atoms with Crippen LogP contribution in [-0.4, -0.2) is 96.7 Å². The third kappa shape index (κ3) is 68.6. The van der Waals surface area contributed by atoms with Crippen molar-refractivity contribution < 1.29 is 80.2 Å². The molecule has 0 rings (SSSR count). The fourth-order valence-corrected chi connectivity index (χ4v) is 13.1. The highest BCUT2D eigenvalue weighted by molar-refractivity contribution is 7.47. The molecule has 0 aliphatic carbocycles. The van der Waals surface area contributed by atoms with Gasteiger partial charge in [0.15, 0.2) is 12.2 Å². The molecule has 19 heteroatoms. The number of ether oxygens (including phenoxy) is 4. The lowest BCUT2D eigenvalue weighted by atomic mass is 10.0. The summed E-state index contributed by atoms with van der Waals surface area (Å²) in [5, 5.41) is 10.6. The monoisotopic (exact) mass is 1380 g/mol. The second-order valence-corrected chi connectivity index (χ2v) is 30.4. The molecule has 0 bridgehead atoms. The number of aliphatic hydroxyl groups is 1. The molecule has 0 saturated carbocycles. The van der Waals surface area contributed by atoms with Gasteiger partial charge in [-0.2, -0.15) is 0 Å². The summed E-state index contributed by atoms with van der Waals surface area (Å²) in [6.07, 6.45) is 57.3. The minimum atomic E-state index is -4.95. The van der Waals surface area contributed by atoms with Gasteiger partial charge in [-0.15, -0.1) is 0 Å². The van der Waals surface area contributed by atoms with E-state index in [0.717, 1.165) is 102 Å². The highest BCUT2D eigenvalue weighted by Crippen LogP contribution is 2.45. The molecule has 17 nitrogen and oxygen atoms in total. The maximum Gasteiger partial charge on any atom is 0.472 e. The van der Waals surface area contributed by atoms with Crippen LogP contribution in [0.1, 0.15) is 394 Å². The molecule has 0 amide bonds. The molecule has 0 aromatic rings. The largest absolute Gasteiger partial charge is 0.472 e. The van der Waals surface area contributed by atoms with Gasteiger partial charge in [-0.05, 0) is 31.6 Å². The van der Waals surface area contributed by atoms with Gasteiger partial charge in [0.2, 0.25) is 0 Å². The van der Waals surface area contributed by atoms with Crippen LogP contribution in [0.5, 0.6) is 0 Å². The summed E-state index contributed by atoms with van der Waals surface area (Å²) in [6, 6.07) is 0. The molecule has 0 aromatic heterocycles. The van der Waals surface area contributed by atoms with E-state index < -0.39 is 97.5 Å². The normalized spacial score (nSPS) is 14.0. The number of carbonyl (C=O) groups excluding carboxylic acids is 4. The Labute approximate surface area is 575 Å². The lowest BCUT2D eigenvalue weighted by Gasteiger charge is -2.21. The number of hydrogen-bond acceptors (Lipinski definition) is 15. The van der Waals surface area contributed by atoms with Gasteiger partial charge in [0.25, 0.3) is 0 Å². The molecule has 0 radical (unpaired) electrons. The van der Waals surface area contributed by atoms with Gasteiger partial charge in [0, 0.05) is 25.7 Å². The molecule has 0 heterocycles. The third-order valence-electron chi connectivity index (χ3n) is 17.5. The zero-order valence-electron chi connectivity index (χ0n) is 61.1. The van der Waals surface area contributed by atoms with Crippen LogP contribution in [0.25, 0.3) is 0 Å². The zero-order chi connectivity index (χ0) is 69.1. The van der Waals surface area contributed by atoms with Gasteiger partial charge in [0.1, 0.15) is 19.3 Å². The van der Waals surface area contributed by atoms with Crippen LogP contribution >= 0.6 is 15.6 Å². The summed E-state index contributed by atoms with van der Waals surface area (Å²) < 4.78 is 68.3. The fraction of sp³-hybridized carbons (Fsp3) is 0.947. The Hall–Kier alpha value is -1.94. The number of carbonyl (C=O) groups is 4. The van der Waals surface area contributed by atoms with Gasteiger partial charge < -0.3 is 33.8 Å². The van der Waals surface area contributed by atoms with E-state index in [1.807, 2.05) is 0 Å². The second kappa shape index (κ2) is 68.2. The van der Waals surface area contributed by atoms with Crippen molar-refractivity contribution in [1.29, 1.82) is 0 Å². The first-order valence-corrected chi connectivity index (χ1v) is 42.1. The Bertz CT molecular complexity index is 1810. The SMILES string of the molecule is CCCCCCCCCCCCCCCCCCCCCCC(=O)O[C@H](COC(=O)CCCCCCCCCCCCCCC(C)C)COP(=O)(O)OC[C@@H](O)COP(=O)(O)OC[C@@H](COC(=O)CCCCCCC)OC(=O)CCCCCCCCCCCCCCCC. The molecule has 5 atom stereocenters. The Kier molecular flexibility index (Phi) is 66.8. The van der Waals surface area contributed by atoms with Gasteiger partial charge in [-0.1, -0.05) is 343 Å². The molecule has 0 aliphatic rings. The first-order chi connectivity index (χ1) is 45.5. The second-order valence-electron chi connectivity index (χ2n) is 27.5. The van der Waals surface area contributed by atoms with Crippen LogP contribution in [0.3, 0.4) is 0 Å². The molecule has 0 aliphatic heterocycles.